The first-order chi connectivity index (χ1) is 15.0. The van der Waals surface area contributed by atoms with Crippen molar-refractivity contribution in [3.63, 3.8) is 0 Å². The third-order valence-electron chi connectivity index (χ3n) is 4.64. The first-order valence-corrected chi connectivity index (χ1v) is 11.1. The zero-order valence-electron chi connectivity index (χ0n) is 17.1. The van der Waals surface area contributed by atoms with Gasteiger partial charge < -0.3 is 14.8 Å². The molecule has 7 heteroatoms. The summed E-state index contributed by atoms with van der Waals surface area (Å²) in [5.41, 5.74) is 2.44. The molecule has 164 valence electrons. The van der Waals surface area contributed by atoms with Crippen LogP contribution in [0.5, 0.6) is 11.5 Å². The molecule has 0 fully saturated rings. The van der Waals surface area contributed by atoms with Crippen LogP contribution in [0.4, 0.5) is 4.39 Å². The van der Waals surface area contributed by atoms with Gasteiger partial charge >= 0.3 is 0 Å². The van der Waals surface area contributed by atoms with E-state index in [0.717, 1.165) is 11.1 Å². The number of hydrogen-bond donors (Lipinski definition) is 1. The molecule has 31 heavy (non-hydrogen) atoms. The molecule has 0 amide bonds. The van der Waals surface area contributed by atoms with Crippen molar-refractivity contribution in [2.45, 2.75) is 26.5 Å². The van der Waals surface area contributed by atoms with Crippen molar-refractivity contribution >= 4 is 34.8 Å². The van der Waals surface area contributed by atoms with Crippen LogP contribution in [-0.4, -0.2) is 13.2 Å². The Hall–Kier alpha value is -1.98. The summed E-state index contributed by atoms with van der Waals surface area (Å²) in [4.78, 5) is 0. The van der Waals surface area contributed by atoms with Crippen LogP contribution in [0, 0.1) is 5.82 Å². The molecule has 0 saturated carbocycles. The molecule has 0 saturated heterocycles. The average molecular weight is 483 g/mol. The molecule has 0 unspecified atom stereocenters. The molecule has 3 rings (SSSR count). The number of ether oxygens (including phenoxy) is 2. The minimum absolute atomic E-state index is 0.190. The van der Waals surface area contributed by atoms with Crippen LogP contribution >= 0.6 is 34.8 Å². The highest BCUT2D eigenvalue weighted by Gasteiger charge is 2.12. The van der Waals surface area contributed by atoms with Gasteiger partial charge in [-0.25, -0.2) is 4.39 Å². The number of nitrogens with one attached hydrogen (secondary N) is 1. The van der Waals surface area contributed by atoms with Crippen LogP contribution in [0.25, 0.3) is 0 Å². The Morgan fingerprint density at radius 2 is 1.61 bits per heavy atom. The summed E-state index contributed by atoms with van der Waals surface area (Å²) in [6.07, 6.45) is 0.591. The summed E-state index contributed by atoms with van der Waals surface area (Å²) in [6, 6.07) is 15.7. The van der Waals surface area contributed by atoms with E-state index in [9.17, 15) is 4.39 Å². The molecule has 0 heterocycles. The summed E-state index contributed by atoms with van der Waals surface area (Å²) in [5, 5.41) is 4.83. The van der Waals surface area contributed by atoms with Gasteiger partial charge in [0.05, 0.1) is 16.7 Å². The second-order valence-electron chi connectivity index (χ2n) is 6.88. The van der Waals surface area contributed by atoms with Crippen molar-refractivity contribution in [1.29, 1.82) is 0 Å². The second kappa shape index (κ2) is 11.6. The van der Waals surface area contributed by atoms with E-state index < -0.39 is 0 Å². The topological polar surface area (TPSA) is 30.5 Å². The van der Waals surface area contributed by atoms with Gasteiger partial charge in [-0.15, -0.1) is 0 Å². The largest absolute Gasteiger partial charge is 0.490 e. The van der Waals surface area contributed by atoms with E-state index in [1.807, 2.05) is 25.1 Å². The number of halogens is 4. The lowest BCUT2D eigenvalue weighted by Gasteiger charge is -2.15. The zero-order valence-corrected chi connectivity index (χ0v) is 19.3. The lowest BCUT2D eigenvalue weighted by molar-refractivity contribution is 0.269. The number of hydrogen-bond acceptors (Lipinski definition) is 3. The quantitative estimate of drug-likeness (QED) is 0.313. The lowest BCUT2D eigenvalue weighted by atomic mass is 10.1. The minimum atomic E-state index is -0.190. The Morgan fingerprint density at radius 1 is 0.839 bits per heavy atom. The highest BCUT2D eigenvalue weighted by atomic mass is 35.5. The van der Waals surface area contributed by atoms with Gasteiger partial charge in [0.1, 0.15) is 12.4 Å². The Balaban J connectivity index is 1.63. The summed E-state index contributed by atoms with van der Waals surface area (Å²) in [7, 11) is 0. The number of benzene rings is 3. The van der Waals surface area contributed by atoms with E-state index in [4.69, 9.17) is 44.3 Å². The first kappa shape index (κ1) is 23.7. The van der Waals surface area contributed by atoms with E-state index in [-0.39, 0.29) is 5.82 Å². The standard InChI is InChI=1S/C24H23Cl3FNO2/c1-2-30-23-12-18(14-29-10-9-17-5-3-4-6-22(17)28)20(26)13-24(23)31-15-16-7-8-19(25)21(27)11-16/h3-8,11-13,29H,2,9-10,14-15H2,1H3. The van der Waals surface area contributed by atoms with Crippen LogP contribution < -0.4 is 14.8 Å². The van der Waals surface area contributed by atoms with Crippen molar-refractivity contribution < 1.29 is 13.9 Å². The predicted molar refractivity (Wildman–Crippen MR) is 125 cm³/mol. The molecule has 0 atom stereocenters. The molecule has 0 aliphatic rings. The van der Waals surface area contributed by atoms with E-state index in [1.165, 1.54) is 6.07 Å². The molecule has 3 aromatic carbocycles. The number of rotatable bonds is 10. The van der Waals surface area contributed by atoms with Gasteiger partial charge in [0.2, 0.25) is 0 Å². The van der Waals surface area contributed by atoms with Crippen molar-refractivity contribution in [3.8, 4) is 11.5 Å². The van der Waals surface area contributed by atoms with E-state index in [0.29, 0.717) is 64.9 Å². The van der Waals surface area contributed by atoms with Crippen molar-refractivity contribution in [3.05, 3.63) is 92.2 Å². The van der Waals surface area contributed by atoms with Gasteiger partial charge in [-0.05, 0) is 60.8 Å². The van der Waals surface area contributed by atoms with E-state index in [1.54, 1.807) is 30.3 Å². The molecule has 0 bridgehead atoms. The Labute approximate surface area is 197 Å². The zero-order chi connectivity index (χ0) is 22.2. The molecule has 0 aliphatic heterocycles. The predicted octanol–water partition coefficient (Wildman–Crippen LogP) is 7.10. The Morgan fingerprint density at radius 3 is 2.35 bits per heavy atom. The lowest BCUT2D eigenvalue weighted by Crippen LogP contribution is -2.17. The molecular weight excluding hydrogens is 460 g/mol. The molecule has 0 aliphatic carbocycles. The first-order valence-electron chi connectivity index (χ1n) is 9.94. The van der Waals surface area contributed by atoms with Crippen LogP contribution in [0.2, 0.25) is 15.1 Å². The fourth-order valence-electron chi connectivity index (χ4n) is 3.03. The molecule has 0 spiro atoms. The fraction of sp³-hybridized carbons (Fsp3) is 0.250. The Kier molecular flexibility index (Phi) is 8.85. The SMILES string of the molecule is CCOc1cc(CNCCc2ccccc2F)c(Cl)cc1OCc1ccc(Cl)c(Cl)c1. The van der Waals surface area contributed by atoms with Crippen LogP contribution in [-0.2, 0) is 19.6 Å². The fourth-order valence-corrected chi connectivity index (χ4v) is 3.57. The van der Waals surface area contributed by atoms with Gasteiger partial charge in [0, 0.05) is 17.6 Å². The second-order valence-corrected chi connectivity index (χ2v) is 8.10. The molecule has 3 aromatic rings. The average Bonchev–Trinajstić information content (AvgIpc) is 2.75. The normalized spacial score (nSPS) is 10.9. The maximum absolute atomic E-state index is 13.7. The molecule has 0 radical (unpaired) electrons. The van der Waals surface area contributed by atoms with Crippen LogP contribution in [0.3, 0.4) is 0 Å². The summed E-state index contributed by atoms with van der Waals surface area (Å²) >= 11 is 18.5. The smallest absolute Gasteiger partial charge is 0.163 e. The molecule has 3 nitrogen and oxygen atoms in total. The molecule has 1 N–H and O–H groups in total. The van der Waals surface area contributed by atoms with E-state index >= 15 is 0 Å². The highest BCUT2D eigenvalue weighted by Crippen LogP contribution is 2.34. The monoisotopic (exact) mass is 481 g/mol. The summed E-state index contributed by atoms with van der Waals surface area (Å²) in [6.45, 7) is 3.85. The third-order valence-corrected chi connectivity index (χ3v) is 5.73. The van der Waals surface area contributed by atoms with Crippen molar-refractivity contribution in [2.75, 3.05) is 13.2 Å². The minimum Gasteiger partial charge on any atom is -0.490 e. The Bertz CT molecular complexity index is 1030. The maximum atomic E-state index is 13.7. The van der Waals surface area contributed by atoms with Crippen molar-refractivity contribution in [2.24, 2.45) is 0 Å². The molecular formula is C24H23Cl3FNO2. The molecule has 0 aromatic heterocycles. The highest BCUT2D eigenvalue weighted by molar-refractivity contribution is 6.42. The van der Waals surface area contributed by atoms with Gasteiger partial charge in [0.25, 0.3) is 0 Å². The van der Waals surface area contributed by atoms with Gasteiger partial charge in [-0.3, -0.25) is 0 Å². The third kappa shape index (κ3) is 6.75. The van der Waals surface area contributed by atoms with E-state index in [2.05, 4.69) is 5.32 Å². The van der Waals surface area contributed by atoms with Crippen molar-refractivity contribution in [1.82, 2.24) is 5.32 Å². The van der Waals surface area contributed by atoms with Crippen LogP contribution in [0.15, 0.2) is 54.6 Å². The maximum Gasteiger partial charge on any atom is 0.163 e. The summed E-state index contributed by atoms with van der Waals surface area (Å²) < 4.78 is 25.4. The summed E-state index contributed by atoms with van der Waals surface area (Å²) in [5.74, 6) is 0.968. The van der Waals surface area contributed by atoms with Gasteiger partial charge in [-0.2, -0.15) is 0 Å². The van der Waals surface area contributed by atoms with Gasteiger partial charge in [-0.1, -0.05) is 59.1 Å². The van der Waals surface area contributed by atoms with Crippen LogP contribution in [0.1, 0.15) is 23.6 Å². The van der Waals surface area contributed by atoms with Gasteiger partial charge in [0.15, 0.2) is 11.5 Å².